The van der Waals surface area contributed by atoms with Gasteiger partial charge in [-0.25, -0.2) is 0 Å². The van der Waals surface area contributed by atoms with Gasteiger partial charge in [0.1, 0.15) is 0 Å². The van der Waals surface area contributed by atoms with Gasteiger partial charge in [0.05, 0.1) is 0 Å². The first-order valence-electron chi connectivity index (χ1n) is 8.13. The maximum atomic E-state index is 3.78. The van der Waals surface area contributed by atoms with Crippen molar-refractivity contribution in [1.29, 1.82) is 0 Å². The Morgan fingerprint density at radius 3 is 2.68 bits per heavy atom. The van der Waals surface area contributed by atoms with E-state index in [4.69, 9.17) is 0 Å². The molecular formula is C16H33N3. The van der Waals surface area contributed by atoms with Crippen molar-refractivity contribution in [2.45, 2.75) is 65.1 Å². The topological polar surface area (TPSA) is 18.5 Å². The Morgan fingerprint density at radius 1 is 1.26 bits per heavy atom. The van der Waals surface area contributed by atoms with E-state index in [1.165, 1.54) is 38.9 Å². The van der Waals surface area contributed by atoms with Gasteiger partial charge < -0.3 is 10.2 Å². The predicted molar refractivity (Wildman–Crippen MR) is 82.5 cm³/mol. The number of hydrogen-bond acceptors (Lipinski definition) is 3. The van der Waals surface area contributed by atoms with E-state index in [0.717, 1.165) is 12.6 Å². The maximum Gasteiger partial charge on any atom is 0.0274 e. The molecule has 1 saturated carbocycles. The van der Waals surface area contributed by atoms with Crippen molar-refractivity contribution in [1.82, 2.24) is 15.1 Å². The van der Waals surface area contributed by atoms with Crippen LogP contribution in [0.4, 0.5) is 0 Å². The molecule has 0 aromatic heterocycles. The minimum Gasteiger partial charge on any atom is -0.312 e. The van der Waals surface area contributed by atoms with Crippen molar-refractivity contribution < 1.29 is 0 Å². The van der Waals surface area contributed by atoms with E-state index < -0.39 is 0 Å². The molecule has 1 saturated heterocycles. The average Bonchev–Trinajstić information content (AvgIpc) is 2.51. The van der Waals surface area contributed by atoms with E-state index in [0.29, 0.717) is 17.5 Å². The molecule has 0 spiro atoms. The molecule has 0 radical (unpaired) electrons. The van der Waals surface area contributed by atoms with Gasteiger partial charge in [-0.3, -0.25) is 4.90 Å². The summed E-state index contributed by atoms with van der Waals surface area (Å²) in [5.74, 6) is 0. The summed E-state index contributed by atoms with van der Waals surface area (Å²) in [4.78, 5) is 5.29. The van der Waals surface area contributed by atoms with Crippen LogP contribution >= 0.6 is 0 Å². The van der Waals surface area contributed by atoms with Crippen molar-refractivity contribution in [2.75, 3.05) is 33.2 Å². The summed E-state index contributed by atoms with van der Waals surface area (Å²) < 4.78 is 0. The highest BCUT2D eigenvalue weighted by Crippen LogP contribution is 2.40. The zero-order valence-electron chi connectivity index (χ0n) is 13.6. The van der Waals surface area contributed by atoms with Crippen LogP contribution in [0.25, 0.3) is 0 Å². The monoisotopic (exact) mass is 267 g/mol. The molecule has 2 aliphatic rings. The largest absolute Gasteiger partial charge is 0.312 e. The molecule has 1 N–H and O–H groups in total. The Kier molecular flexibility index (Phi) is 4.91. The van der Waals surface area contributed by atoms with Crippen LogP contribution < -0.4 is 5.32 Å². The zero-order chi connectivity index (χ0) is 14.0. The Balaban J connectivity index is 2.10. The molecule has 19 heavy (non-hydrogen) atoms. The second kappa shape index (κ2) is 6.11. The molecule has 3 nitrogen and oxygen atoms in total. The maximum absolute atomic E-state index is 3.78. The summed E-state index contributed by atoms with van der Waals surface area (Å²) in [6.45, 7) is 14.4. The molecule has 112 valence electrons. The van der Waals surface area contributed by atoms with Crippen LogP contribution in [0, 0.1) is 5.41 Å². The molecule has 1 aliphatic carbocycles. The molecule has 2 fully saturated rings. The van der Waals surface area contributed by atoms with Gasteiger partial charge in [0, 0.05) is 31.2 Å². The van der Waals surface area contributed by atoms with Crippen molar-refractivity contribution in [2.24, 2.45) is 5.41 Å². The summed E-state index contributed by atoms with van der Waals surface area (Å²) in [5.41, 5.74) is 0.443. The molecule has 3 heteroatoms. The van der Waals surface area contributed by atoms with E-state index in [2.05, 4.69) is 49.9 Å². The Hall–Kier alpha value is -0.120. The minimum atomic E-state index is 0.443. The van der Waals surface area contributed by atoms with Crippen molar-refractivity contribution in [3.63, 3.8) is 0 Å². The highest BCUT2D eigenvalue weighted by Gasteiger charge is 2.45. The molecule has 1 aliphatic heterocycles. The minimum absolute atomic E-state index is 0.443. The first-order valence-corrected chi connectivity index (χ1v) is 8.13. The zero-order valence-corrected chi connectivity index (χ0v) is 13.6. The SMILES string of the molecule is CCNC1C(N2CCCN(C)CC2C)CCC1(C)C. The number of hydrogen-bond donors (Lipinski definition) is 1. The van der Waals surface area contributed by atoms with Crippen LogP contribution in [0.2, 0.25) is 0 Å². The van der Waals surface area contributed by atoms with E-state index in [1.807, 2.05) is 0 Å². The van der Waals surface area contributed by atoms with Gasteiger partial charge >= 0.3 is 0 Å². The van der Waals surface area contributed by atoms with E-state index in [1.54, 1.807) is 0 Å². The fourth-order valence-corrected chi connectivity index (χ4v) is 4.24. The third kappa shape index (κ3) is 3.32. The quantitative estimate of drug-likeness (QED) is 0.845. The lowest BCUT2D eigenvalue weighted by Crippen LogP contribution is -2.55. The molecule has 3 unspecified atom stereocenters. The summed E-state index contributed by atoms with van der Waals surface area (Å²) in [6, 6.07) is 2.08. The van der Waals surface area contributed by atoms with Gasteiger partial charge in [0.2, 0.25) is 0 Å². The van der Waals surface area contributed by atoms with Gasteiger partial charge in [-0.2, -0.15) is 0 Å². The summed E-state index contributed by atoms with van der Waals surface area (Å²) in [6.07, 6.45) is 4.03. The molecule has 2 rings (SSSR count). The third-order valence-corrected chi connectivity index (χ3v) is 5.26. The first-order chi connectivity index (χ1) is 8.95. The number of rotatable bonds is 3. The molecular weight excluding hydrogens is 234 g/mol. The number of nitrogens with one attached hydrogen (secondary N) is 1. The van der Waals surface area contributed by atoms with Crippen molar-refractivity contribution in [3.8, 4) is 0 Å². The first kappa shape index (κ1) is 15.3. The summed E-state index contributed by atoms with van der Waals surface area (Å²) >= 11 is 0. The smallest absolute Gasteiger partial charge is 0.0274 e. The highest BCUT2D eigenvalue weighted by molar-refractivity contribution is 5.02. The Bertz CT molecular complexity index is 290. The lowest BCUT2D eigenvalue weighted by Gasteiger charge is -2.40. The lowest BCUT2D eigenvalue weighted by atomic mass is 9.86. The summed E-state index contributed by atoms with van der Waals surface area (Å²) in [5, 5.41) is 3.78. The lowest BCUT2D eigenvalue weighted by molar-refractivity contribution is 0.108. The molecule has 3 atom stereocenters. The molecule has 0 aromatic carbocycles. The van der Waals surface area contributed by atoms with Crippen LogP contribution in [-0.2, 0) is 0 Å². The fourth-order valence-electron chi connectivity index (χ4n) is 4.24. The van der Waals surface area contributed by atoms with Crippen LogP contribution in [0.1, 0.15) is 47.0 Å². The van der Waals surface area contributed by atoms with E-state index in [9.17, 15) is 0 Å². The Labute approximate surface area is 119 Å². The molecule has 0 amide bonds. The van der Waals surface area contributed by atoms with E-state index >= 15 is 0 Å². The third-order valence-electron chi connectivity index (χ3n) is 5.26. The summed E-state index contributed by atoms with van der Waals surface area (Å²) in [7, 11) is 2.26. The number of likely N-dealkylation sites (N-methyl/N-ethyl adjacent to an activating group) is 2. The van der Waals surface area contributed by atoms with Crippen LogP contribution in [-0.4, -0.2) is 61.2 Å². The second-order valence-electron chi connectivity index (χ2n) is 7.33. The van der Waals surface area contributed by atoms with Crippen LogP contribution in [0.3, 0.4) is 0 Å². The van der Waals surface area contributed by atoms with E-state index in [-0.39, 0.29) is 0 Å². The standard InChI is InChI=1S/C16H33N3/c1-6-17-15-14(8-9-16(15,3)4)19-11-7-10-18(5)12-13(19)2/h13-15,17H,6-12H2,1-5H3. The fraction of sp³-hybridized carbons (Fsp3) is 1.00. The van der Waals surface area contributed by atoms with Crippen molar-refractivity contribution >= 4 is 0 Å². The van der Waals surface area contributed by atoms with Gasteiger partial charge in [-0.05, 0) is 51.7 Å². The van der Waals surface area contributed by atoms with Crippen molar-refractivity contribution in [3.05, 3.63) is 0 Å². The Morgan fingerprint density at radius 2 is 2.00 bits per heavy atom. The second-order valence-corrected chi connectivity index (χ2v) is 7.33. The van der Waals surface area contributed by atoms with Gasteiger partial charge in [0.15, 0.2) is 0 Å². The van der Waals surface area contributed by atoms with Crippen LogP contribution in [0.5, 0.6) is 0 Å². The van der Waals surface area contributed by atoms with Gasteiger partial charge in [0.25, 0.3) is 0 Å². The van der Waals surface area contributed by atoms with Crippen LogP contribution in [0.15, 0.2) is 0 Å². The average molecular weight is 267 g/mol. The van der Waals surface area contributed by atoms with Gasteiger partial charge in [-0.15, -0.1) is 0 Å². The highest BCUT2D eigenvalue weighted by atomic mass is 15.3. The predicted octanol–water partition coefficient (Wildman–Crippen LogP) is 2.18. The molecule has 0 aromatic rings. The number of nitrogens with zero attached hydrogens (tertiary/aromatic N) is 2. The molecule has 0 bridgehead atoms. The molecule has 1 heterocycles. The normalized spacial score (nSPS) is 37.4. The van der Waals surface area contributed by atoms with Gasteiger partial charge in [-0.1, -0.05) is 20.8 Å².